The molecule has 1 saturated heterocycles. The second kappa shape index (κ2) is 5.82. The first-order chi connectivity index (χ1) is 8.63. The Labute approximate surface area is 115 Å². The maximum absolute atomic E-state index is 12.4. The minimum atomic E-state index is -0.519. The second-order valence-electron chi connectivity index (χ2n) is 4.53. The Bertz CT molecular complexity index is 439. The molecule has 4 nitrogen and oxygen atoms in total. The van der Waals surface area contributed by atoms with E-state index < -0.39 is 6.04 Å². The van der Waals surface area contributed by atoms with Gasteiger partial charge in [-0.2, -0.15) is 0 Å². The first-order valence-corrected chi connectivity index (χ1v) is 6.85. The molecule has 2 atom stereocenters. The molecule has 5 heteroatoms. The molecule has 0 saturated carbocycles. The van der Waals surface area contributed by atoms with Crippen LogP contribution in [-0.2, 0) is 4.79 Å². The van der Waals surface area contributed by atoms with Gasteiger partial charge in [0, 0.05) is 17.1 Å². The van der Waals surface area contributed by atoms with Crippen molar-refractivity contribution in [2.75, 3.05) is 18.1 Å². The van der Waals surface area contributed by atoms with Gasteiger partial charge in [-0.25, -0.2) is 0 Å². The summed E-state index contributed by atoms with van der Waals surface area (Å²) in [5.41, 5.74) is 0.858. The Morgan fingerprint density at radius 2 is 2.22 bits per heavy atom. The van der Waals surface area contributed by atoms with Gasteiger partial charge >= 0.3 is 0 Å². The minimum Gasteiger partial charge on any atom is -0.394 e. The molecule has 18 heavy (non-hydrogen) atoms. The van der Waals surface area contributed by atoms with Crippen LogP contribution in [0.4, 0.5) is 5.69 Å². The Balaban J connectivity index is 2.31. The summed E-state index contributed by atoms with van der Waals surface area (Å²) in [6.07, 6.45) is 0.865. The zero-order chi connectivity index (χ0) is 13.1. The van der Waals surface area contributed by atoms with E-state index in [9.17, 15) is 9.90 Å². The van der Waals surface area contributed by atoms with Gasteiger partial charge in [0.1, 0.15) is 6.04 Å². The van der Waals surface area contributed by atoms with Gasteiger partial charge in [-0.05, 0) is 41.4 Å². The standard InChI is InChI=1S/C13H17BrN2O2/c1-9-6-7-16(13(18)11(8-17)15-9)12-5-3-2-4-10(12)14/h2-5,9,11,15,17H,6-8H2,1H3. The van der Waals surface area contributed by atoms with Crippen molar-refractivity contribution in [1.29, 1.82) is 0 Å². The van der Waals surface area contributed by atoms with Crippen molar-refractivity contribution >= 4 is 27.5 Å². The molecule has 1 aliphatic heterocycles. The number of amides is 1. The Morgan fingerprint density at radius 1 is 1.50 bits per heavy atom. The number of hydrogen-bond donors (Lipinski definition) is 2. The summed E-state index contributed by atoms with van der Waals surface area (Å²) < 4.78 is 0.893. The highest BCUT2D eigenvalue weighted by molar-refractivity contribution is 9.10. The number of rotatable bonds is 2. The van der Waals surface area contributed by atoms with E-state index in [1.165, 1.54) is 0 Å². The second-order valence-corrected chi connectivity index (χ2v) is 5.39. The lowest BCUT2D eigenvalue weighted by Crippen LogP contribution is -2.47. The number of aliphatic hydroxyl groups is 1. The summed E-state index contributed by atoms with van der Waals surface area (Å²) in [5.74, 6) is -0.0752. The van der Waals surface area contributed by atoms with Crippen LogP contribution in [0, 0.1) is 0 Å². The van der Waals surface area contributed by atoms with Gasteiger partial charge in [0.2, 0.25) is 5.91 Å². The van der Waals surface area contributed by atoms with Gasteiger partial charge < -0.3 is 15.3 Å². The number of carbonyl (C=O) groups excluding carboxylic acids is 1. The minimum absolute atomic E-state index is 0.0752. The predicted octanol–water partition coefficient (Wildman–Crippen LogP) is 1.52. The number of benzene rings is 1. The lowest BCUT2D eigenvalue weighted by atomic mass is 10.2. The van der Waals surface area contributed by atoms with Crippen LogP contribution in [-0.4, -0.2) is 36.2 Å². The summed E-state index contributed by atoms with van der Waals surface area (Å²) in [6.45, 7) is 2.51. The van der Waals surface area contributed by atoms with Crippen molar-refractivity contribution in [3.05, 3.63) is 28.7 Å². The molecule has 0 spiro atoms. The molecule has 98 valence electrons. The van der Waals surface area contributed by atoms with Crippen LogP contribution in [0.3, 0.4) is 0 Å². The summed E-state index contributed by atoms with van der Waals surface area (Å²) in [4.78, 5) is 14.1. The molecule has 0 aliphatic carbocycles. The molecular formula is C13H17BrN2O2. The first-order valence-electron chi connectivity index (χ1n) is 6.06. The highest BCUT2D eigenvalue weighted by Gasteiger charge is 2.30. The predicted molar refractivity (Wildman–Crippen MR) is 74.6 cm³/mol. The van der Waals surface area contributed by atoms with E-state index in [2.05, 4.69) is 21.2 Å². The number of anilines is 1. The maximum atomic E-state index is 12.4. The molecule has 1 heterocycles. The summed E-state index contributed by atoms with van der Waals surface area (Å²) in [7, 11) is 0. The zero-order valence-electron chi connectivity index (χ0n) is 10.3. The topological polar surface area (TPSA) is 52.6 Å². The van der Waals surface area contributed by atoms with E-state index in [0.29, 0.717) is 6.54 Å². The Morgan fingerprint density at radius 3 is 2.89 bits per heavy atom. The maximum Gasteiger partial charge on any atom is 0.246 e. The van der Waals surface area contributed by atoms with Gasteiger partial charge in [0.15, 0.2) is 0 Å². The fourth-order valence-corrected chi connectivity index (χ4v) is 2.66. The third-order valence-corrected chi connectivity index (χ3v) is 3.83. The van der Waals surface area contributed by atoms with E-state index in [0.717, 1.165) is 16.6 Å². The van der Waals surface area contributed by atoms with Crippen LogP contribution in [0.2, 0.25) is 0 Å². The zero-order valence-corrected chi connectivity index (χ0v) is 11.9. The van der Waals surface area contributed by atoms with Gasteiger partial charge in [-0.3, -0.25) is 4.79 Å². The molecule has 1 amide bonds. The molecule has 1 fully saturated rings. The molecule has 2 unspecified atom stereocenters. The van der Waals surface area contributed by atoms with E-state index in [1.807, 2.05) is 31.2 Å². The average molecular weight is 313 g/mol. The number of para-hydroxylation sites is 1. The average Bonchev–Trinajstić information content (AvgIpc) is 2.50. The summed E-state index contributed by atoms with van der Waals surface area (Å²) in [5, 5.41) is 12.5. The van der Waals surface area contributed by atoms with Crippen LogP contribution >= 0.6 is 15.9 Å². The molecule has 1 aliphatic rings. The molecule has 0 aromatic heterocycles. The van der Waals surface area contributed by atoms with Crippen molar-refractivity contribution in [3.8, 4) is 0 Å². The SMILES string of the molecule is CC1CCN(c2ccccc2Br)C(=O)C(CO)N1. The van der Waals surface area contributed by atoms with Crippen molar-refractivity contribution in [3.63, 3.8) is 0 Å². The number of nitrogens with zero attached hydrogens (tertiary/aromatic N) is 1. The van der Waals surface area contributed by atoms with Crippen molar-refractivity contribution in [1.82, 2.24) is 5.32 Å². The summed E-state index contributed by atoms with van der Waals surface area (Å²) >= 11 is 3.46. The molecule has 2 rings (SSSR count). The van der Waals surface area contributed by atoms with E-state index >= 15 is 0 Å². The van der Waals surface area contributed by atoms with Gasteiger partial charge in [0.05, 0.1) is 12.3 Å². The number of halogens is 1. The number of hydrogen-bond acceptors (Lipinski definition) is 3. The quantitative estimate of drug-likeness (QED) is 0.870. The molecule has 2 N–H and O–H groups in total. The fourth-order valence-electron chi connectivity index (χ4n) is 2.16. The van der Waals surface area contributed by atoms with Crippen LogP contribution in [0.15, 0.2) is 28.7 Å². The molecule has 0 bridgehead atoms. The number of nitrogens with one attached hydrogen (secondary N) is 1. The van der Waals surface area contributed by atoms with Crippen LogP contribution < -0.4 is 10.2 Å². The van der Waals surface area contributed by atoms with Crippen LogP contribution in [0.1, 0.15) is 13.3 Å². The highest BCUT2D eigenvalue weighted by atomic mass is 79.9. The monoisotopic (exact) mass is 312 g/mol. The van der Waals surface area contributed by atoms with Crippen molar-refractivity contribution in [2.24, 2.45) is 0 Å². The Hall–Kier alpha value is -0.910. The third kappa shape index (κ3) is 2.74. The smallest absolute Gasteiger partial charge is 0.246 e. The van der Waals surface area contributed by atoms with E-state index in [-0.39, 0.29) is 18.6 Å². The van der Waals surface area contributed by atoms with Gasteiger partial charge in [-0.15, -0.1) is 0 Å². The molecule has 1 aromatic rings. The lowest BCUT2D eigenvalue weighted by molar-refractivity contribution is -0.121. The van der Waals surface area contributed by atoms with E-state index in [1.54, 1.807) is 4.90 Å². The number of carbonyl (C=O) groups is 1. The van der Waals surface area contributed by atoms with Crippen molar-refractivity contribution in [2.45, 2.75) is 25.4 Å². The van der Waals surface area contributed by atoms with Crippen LogP contribution in [0.5, 0.6) is 0 Å². The largest absolute Gasteiger partial charge is 0.394 e. The number of aliphatic hydroxyl groups excluding tert-OH is 1. The lowest BCUT2D eigenvalue weighted by Gasteiger charge is -2.24. The molecule has 1 aromatic carbocycles. The Kier molecular flexibility index (Phi) is 4.37. The highest BCUT2D eigenvalue weighted by Crippen LogP contribution is 2.27. The normalized spacial score (nSPS) is 25.1. The van der Waals surface area contributed by atoms with Crippen LogP contribution in [0.25, 0.3) is 0 Å². The fraction of sp³-hybridized carbons (Fsp3) is 0.462. The third-order valence-electron chi connectivity index (χ3n) is 3.16. The van der Waals surface area contributed by atoms with E-state index in [4.69, 9.17) is 0 Å². The first kappa shape index (κ1) is 13.5. The van der Waals surface area contributed by atoms with Gasteiger partial charge in [0.25, 0.3) is 0 Å². The summed E-state index contributed by atoms with van der Waals surface area (Å²) in [6, 6.07) is 7.35. The molecular weight excluding hydrogens is 296 g/mol. The van der Waals surface area contributed by atoms with Crippen molar-refractivity contribution < 1.29 is 9.90 Å². The van der Waals surface area contributed by atoms with Gasteiger partial charge in [-0.1, -0.05) is 12.1 Å². The molecule has 0 radical (unpaired) electrons.